The summed E-state index contributed by atoms with van der Waals surface area (Å²) in [5, 5.41) is 0. The zero-order valence-corrected chi connectivity index (χ0v) is 13.5. The number of likely N-dealkylation sites (N-methyl/N-ethyl adjacent to an activating group) is 1. The molecular formula is C16H35N3. The minimum atomic E-state index is 1.25. The van der Waals surface area contributed by atoms with Gasteiger partial charge in [-0.05, 0) is 52.5 Å². The van der Waals surface area contributed by atoms with Crippen LogP contribution in [-0.2, 0) is 0 Å². The molecule has 2 aliphatic rings. The van der Waals surface area contributed by atoms with E-state index in [-0.39, 0.29) is 0 Å². The molecule has 0 aromatic carbocycles. The normalized spacial score (nSPS) is 23.5. The van der Waals surface area contributed by atoms with Gasteiger partial charge in [0.1, 0.15) is 0 Å². The van der Waals surface area contributed by atoms with Crippen molar-refractivity contribution in [2.45, 2.75) is 46.0 Å². The van der Waals surface area contributed by atoms with E-state index < -0.39 is 0 Å². The molecule has 0 aromatic heterocycles. The van der Waals surface area contributed by atoms with Crippen molar-refractivity contribution in [3.8, 4) is 0 Å². The van der Waals surface area contributed by atoms with Crippen LogP contribution in [0.2, 0.25) is 0 Å². The van der Waals surface area contributed by atoms with Gasteiger partial charge in [0.15, 0.2) is 0 Å². The molecular weight excluding hydrogens is 234 g/mol. The number of nitrogens with zero attached hydrogens (tertiary/aromatic N) is 3. The monoisotopic (exact) mass is 269 g/mol. The lowest BCUT2D eigenvalue weighted by molar-refractivity contribution is 0.184. The van der Waals surface area contributed by atoms with E-state index in [0.29, 0.717) is 0 Å². The molecule has 2 aliphatic heterocycles. The first-order chi connectivity index (χ1) is 9.26. The lowest BCUT2D eigenvalue weighted by Gasteiger charge is -2.29. The molecule has 0 bridgehead atoms. The standard InChI is InChI=1S/C13H27N3.C3H8/c1-14-6-5-9-16(11-10-14)13-12-15-7-3-2-4-8-15;1-3-2/h2-13H2,1H3;3H2,1-2H3. The van der Waals surface area contributed by atoms with Crippen LogP contribution in [0.3, 0.4) is 0 Å². The SMILES string of the molecule is CCC.CN1CCCN(CCN2CCCCC2)CC1. The summed E-state index contributed by atoms with van der Waals surface area (Å²) < 4.78 is 0. The van der Waals surface area contributed by atoms with Crippen molar-refractivity contribution in [3.63, 3.8) is 0 Å². The van der Waals surface area contributed by atoms with Crippen molar-refractivity contribution < 1.29 is 0 Å². The first-order valence-electron chi connectivity index (χ1n) is 8.39. The highest BCUT2D eigenvalue weighted by atomic mass is 15.2. The molecule has 3 nitrogen and oxygen atoms in total. The Hall–Kier alpha value is -0.120. The molecule has 0 spiro atoms. The van der Waals surface area contributed by atoms with E-state index >= 15 is 0 Å². The number of rotatable bonds is 3. The number of hydrogen-bond acceptors (Lipinski definition) is 3. The van der Waals surface area contributed by atoms with E-state index in [2.05, 4.69) is 35.6 Å². The minimum absolute atomic E-state index is 1.25. The van der Waals surface area contributed by atoms with Crippen LogP contribution in [0, 0.1) is 0 Å². The van der Waals surface area contributed by atoms with Crippen molar-refractivity contribution in [1.82, 2.24) is 14.7 Å². The fourth-order valence-corrected chi connectivity index (χ4v) is 2.79. The van der Waals surface area contributed by atoms with Crippen LogP contribution in [0.15, 0.2) is 0 Å². The van der Waals surface area contributed by atoms with Crippen LogP contribution >= 0.6 is 0 Å². The zero-order chi connectivity index (χ0) is 13.9. The highest BCUT2D eigenvalue weighted by molar-refractivity contribution is 4.70. The molecule has 3 heteroatoms. The molecule has 0 atom stereocenters. The van der Waals surface area contributed by atoms with Gasteiger partial charge in [-0.1, -0.05) is 26.7 Å². The van der Waals surface area contributed by atoms with Crippen molar-refractivity contribution in [2.24, 2.45) is 0 Å². The number of piperidine rings is 1. The van der Waals surface area contributed by atoms with Gasteiger partial charge in [0.2, 0.25) is 0 Å². The molecule has 0 radical (unpaired) electrons. The van der Waals surface area contributed by atoms with Gasteiger partial charge in [-0.25, -0.2) is 0 Å². The van der Waals surface area contributed by atoms with Gasteiger partial charge in [0, 0.05) is 26.2 Å². The molecule has 2 rings (SSSR count). The summed E-state index contributed by atoms with van der Waals surface area (Å²) in [4.78, 5) is 7.76. The second-order valence-corrected chi connectivity index (χ2v) is 6.11. The second-order valence-electron chi connectivity index (χ2n) is 6.11. The van der Waals surface area contributed by atoms with Crippen LogP contribution in [0.5, 0.6) is 0 Å². The average molecular weight is 269 g/mol. The molecule has 0 aromatic rings. The largest absolute Gasteiger partial charge is 0.305 e. The molecule has 0 aliphatic carbocycles. The Kier molecular flexibility index (Phi) is 9.48. The molecule has 2 saturated heterocycles. The summed E-state index contributed by atoms with van der Waals surface area (Å²) in [5.74, 6) is 0. The first kappa shape index (κ1) is 16.9. The van der Waals surface area contributed by atoms with Gasteiger partial charge in [-0.3, -0.25) is 0 Å². The highest BCUT2D eigenvalue weighted by Gasteiger charge is 2.14. The fraction of sp³-hybridized carbons (Fsp3) is 1.00. The van der Waals surface area contributed by atoms with Gasteiger partial charge in [0.05, 0.1) is 0 Å². The quantitative estimate of drug-likeness (QED) is 0.779. The molecule has 2 heterocycles. The molecule has 19 heavy (non-hydrogen) atoms. The third kappa shape index (κ3) is 7.91. The average Bonchev–Trinajstić information content (AvgIpc) is 2.63. The maximum Gasteiger partial charge on any atom is 0.0110 e. The maximum absolute atomic E-state index is 2.65. The summed E-state index contributed by atoms with van der Waals surface area (Å²) in [6.07, 6.45) is 6.88. The maximum atomic E-state index is 2.65. The number of likely N-dealkylation sites (tertiary alicyclic amines) is 1. The Morgan fingerprint density at radius 2 is 1.16 bits per heavy atom. The van der Waals surface area contributed by atoms with E-state index in [1.54, 1.807) is 0 Å². The van der Waals surface area contributed by atoms with Crippen molar-refractivity contribution in [1.29, 1.82) is 0 Å². The van der Waals surface area contributed by atoms with E-state index in [9.17, 15) is 0 Å². The molecule has 0 saturated carbocycles. The van der Waals surface area contributed by atoms with E-state index in [1.165, 1.54) is 84.5 Å². The highest BCUT2D eigenvalue weighted by Crippen LogP contribution is 2.08. The van der Waals surface area contributed by atoms with E-state index in [4.69, 9.17) is 0 Å². The van der Waals surface area contributed by atoms with Gasteiger partial charge in [-0.2, -0.15) is 0 Å². The molecule has 2 fully saturated rings. The first-order valence-corrected chi connectivity index (χ1v) is 8.39. The van der Waals surface area contributed by atoms with Gasteiger partial charge >= 0.3 is 0 Å². The van der Waals surface area contributed by atoms with Crippen molar-refractivity contribution in [2.75, 3.05) is 59.4 Å². The van der Waals surface area contributed by atoms with Crippen LogP contribution in [0.1, 0.15) is 46.0 Å². The lowest BCUT2D eigenvalue weighted by Crippen LogP contribution is -2.39. The molecule has 0 amide bonds. The van der Waals surface area contributed by atoms with Gasteiger partial charge in [0.25, 0.3) is 0 Å². The Bertz CT molecular complexity index is 202. The minimum Gasteiger partial charge on any atom is -0.305 e. The second kappa shape index (κ2) is 10.6. The smallest absolute Gasteiger partial charge is 0.0110 e. The van der Waals surface area contributed by atoms with Crippen LogP contribution in [0.25, 0.3) is 0 Å². The predicted molar refractivity (Wildman–Crippen MR) is 84.8 cm³/mol. The third-order valence-electron chi connectivity index (χ3n) is 3.99. The fourth-order valence-electron chi connectivity index (χ4n) is 2.79. The Morgan fingerprint density at radius 3 is 1.79 bits per heavy atom. The lowest BCUT2D eigenvalue weighted by atomic mass is 10.1. The summed E-state index contributed by atoms with van der Waals surface area (Å²) >= 11 is 0. The summed E-state index contributed by atoms with van der Waals surface area (Å²) in [7, 11) is 2.24. The Balaban J connectivity index is 0.000000550. The van der Waals surface area contributed by atoms with Gasteiger partial charge < -0.3 is 14.7 Å². The summed E-state index contributed by atoms with van der Waals surface area (Å²) in [6.45, 7) is 14.6. The molecule has 0 N–H and O–H groups in total. The van der Waals surface area contributed by atoms with E-state index in [1.807, 2.05) is 0 Å². The zero-order valence-electron chi connectivity index (χ0n) is 13.5. The number of hydrogen-bond donors (Lipinski definition) is 0. The van der Waals surface area contributed by atoms with Crippen molar-refractivity contribution >= 4 is 0 Å². The Morgan fingerprint density at radius 1 is 0.632 bits per heavy atom. The van der Waals surface area contributed by atoms with Crippen LogP contribution in [0.4, 0.5) is 0 Å². The topological polar surface area (TPSA) is 9.72 Å². The van der Waals surface area contributed by atoms with Gasteiger partial charge in [-0.15, -0.1) is 0 Å². The predicted octanol–water partition coefficient (Wildman–Crippen LogP) is 2.53. The summed E-state index contributed by atoms with van der Waals surface area (Å²) in [6, 6.07) is 0. The summed E-state index contributed by atoms with van der Waals surface area (Å²) in [5.41, 5.74) is 0. The molecule has 114 valence electrons. The Labute approximate surface area is 120 Å². The third-order valence-corrected chi connectivity index (χ3v) is 3.99. The molecule has 0 unspecified atom stereocenters. The van der Waals surface area contributed by atoms with Crippen LogP contribution in [-0.4, -0.2) is 74.1 Å². The van der Waals surface area contributed by atoms with Crippen molar-refractivity contribution in [3.05, 3.63) is 0 Å². The van der Waals surface area contributed by atoms with Crippen LogP contribution < -0.4 is 0 Å². The van der Waals surface area contributed by atoms with E-state index in [0.717, 1.165) is 0 Å².